The molecule has 0 radical (unpaired) electrons. The lowest BCUT2D eigenvalue weighted by molar-refractivity contribution is -0.128. The number of carbonyl (C=O) groups excluding carboxylic acids is 2. The number of fused-ring (bicyclic) bond motifs is 1. The van der Waals surface area contributed by atoms with Crippen LogP contribution in [-0.2, 0) is 4.79 Å². The molecule has 0 aliphatic rings. The Morgan fingerprint density at radius 2 is 1.91 bits per heavy atom. The van der Waals surface area contributed by atoms with E-state index in [0.717, 1.165) is 11.0 Å². The van der Waals surface area contributed by atoms with Gasteiger partial charge >= 0.3 is 0 Å². The van der Waals surface area contributed by atoms with Crippen molar-refractivity contribution in [2.24, 2.45) is 0 Å². The molecular weight excluding hydrogens is 444 g/mol. The molecule has 0 aliphatic heterocycles. The molecule has 0 N–H and O–H groups in total. The van der Waals surface area contributed by atoms with Crippen molar-refractivity contribution in [1.82, 2.24) is 15.0 Å². The minimum absolute atomic E-state index is 0.325. The Hall–Kier alpha value is -2.85. The number of carbonyl (C=O) groups is 2. The van der Waals surface area contributed by atoms with Gasteiger partial charge in [-0.25, -0.2) is 19.9 Å². The minimum atomic E-state index is -0.544. The normalized spacial score (nSPS) is 12.6. The molecule has 0 spiro atoms. The molecule has 9 heteroatoms. The number of nitrogens with zero attached hydrogens (tertiary/aromatic N) is 4. The smallest absolute Gasteiger partial charge is 0.277 e. The highest BCUT2D eigenvalue weighted by molar-refractivity contribution is 7.15. The molecule has 3 heterocycles. The fraction of sp³-hybridized carbons (Fsp3) is 0.261. The van der Waals surface area contributed by atoms with Crippen molar-refractivity contribution in [3.8, 4) is 11.5 Å². The van der Waals surface area contributed by atoms with Crippen molar-refractivity contribution in [2.75, 3.05) is 25.5 Å². The Balaban J connectivity index is 1.72. The number of aromatic nitrogens is 1. The summed E-state index contributed by atoms with van der Waals surface area (Å²) in [6.07, 6.45) is 0. The zero-order valence-electron chi connectivity index (χ0n) is 18.3. The van der Waals surface area contributed by atoms with Gasteiger partial charge in [0.2, 0.25) is 0 Å². The molecule has 1 atom stereocenters. The molecule has 166 valence electrons. The summed E-state index contributed by atoms with van der Waals surface area (Å²) in [6.45, 7) is 4.40. The lowest BCUT2D eigenvalue weighted by atomic mass is 10.2. The van der Waals surface area contributed by atoms with E-state index in [1.54, 1.807) is 19.1 Å². The van der Waals surface area contributed by atoms with Gasteiger partial charge in [-0.15, -0.1) is 22.7 Å². The third-order valence-corrected chi connectivity index (χ3v) is 6.84. The van der Waals surface area contributed by atoms with Crippen LogP contribution < -0.4 is 4.90 Å². The van der Waals surface area contributed by atoms with Crippen LogP contribution in [0.2, 0.25) is 0 Å². The molecule has 2 amide bonds. The summed E-state index contributed by atoms with van der Waals surface area (Å²) in [7, 11) is 3.75. The van der Waals surface area contributed by atoms with E-state index in [1.807, 2.05) is 72.1 Å². The lowest BCUT2D eigenvalue weighted by Crippen LogP contribution is -2.53. The van der Waals surface area contributed by atoms with E-state index in [-0.39, 0.29) is 11.8 Å². The number of imide groups is 1. The Morgan fingerprint density at radius 1 is 1.12 bits per heavy atom. The number of furan rings is 1. The molecule has 4 aromatic rings. The Bertz CT molecular complexity index is 1200. The van der Waals surface area contributed by atoms with Crippen molar-refractivity contribution in [2.45, 2.75) is 19.9 Å². The van der Waals surface area contributed by atoms with Crippen LogP contribution in [0.5, 0.6) is 0 Å². The van der Waals surface area contributed by atoms with Crippen LogP contribution in [0, 0.1) is 0 Å². The van der Waals surface area contributed by atoms with E-state index in [2.05, 4.69) is 4.98 Å². The van der Waals surface area contributed by atoms with Crippen LogP contribution in [0.15, 0.2) is 57.6 Å². The first-order valence-electron chi connectivity index (χ1n) is 10.2. The van der Waals surface area contributed by atoms with Gasteiger partial charge in [0.1, 0.15) is 17.3 Å². The number of likely N-dealkylation sites (N-methyl/N-ethyl adjacent to an activating group) is 1. The van der Waals surface area contributed by atoms with Crippen molar-refractivity contribution < 1.29 is 14.0 Å². The number of thiophene rings is 1. The zero-order chi connectivity index (χ0) is 22.8. The number of amides is 2. The number of benzene rings is 1. The fourth-order valence-electron chi connectivity index (χ4n) is 3.60. The Kier molecular flexibility index (Phi) is 6.52. The molecule has 0 fully saturated rings. The van der Waals surface area contributed by atoms with Crippen LogP contribution in [0.3, 0.4) is 0 Å². The molecule has 32 heavy (non-hydrogen) atoms. The average Bonchev–Trinajstić information content (AvgIpc) is 3.53. The van der Waals surface area contributed by atoms with E-state index < -0.39 is 6.04 Å². The summed E-state index contributed by atoms with van der Waals surface area (Å²) in [5, 5.41) is 8.67. The number of hydrazine groups is 1. The minimum Gasteiger partial charge on any atom is -0.454 e. The first kappa shape index (κ1) is 22.3. The van der Waals surface area contributed by atoms with E-state index >= 15 is 0 Å². The summed E-state index contributed by atoms with van der Waals surface area (Å²) >= 11 is 2.55. The number of hydrogen-bond donors (Lipinski definition) is 0. The molecular formula is C23H24N4O3S2. The van der Waals surface area contributed by atoms with Crippen molar-refractivity contribution in [1.29, 1.82) is 0 Å². The van der Waals surface area contributed by atoms with E-state index in [9.17, 15) is 9.59 Å². The fourth-order valence-corrected chi connectivity index (χ4v) is 5.07. The third kappa shape index (κ3) is 4.24. The van der Waals surface area contributed by atoms with E-state index in [0.29, 0.717) is 28.0 Å². The summed E-state index contributed by atoms with van der Waals surface area (Å²) in [6, 6.07) is 12.6. The Labute approximate surface area is 194 Å². The zero-order valence-corrected chi connectivity index (χ0v) is 19.9. The lowest BCUT2D eigenvalue weighted by Gasteiger charge is -2.34. The van der Waals surface area contributed by atoms with Crippen LogP contribution in [-0.4, -0.2) is 53.5 Å². The highest BCUT2D eigenvalue weighted by Gasteiger charge is 2.34. The van der Waals surface area contributed by atoms with Crippen LogP contribution in [0.4, 0.5) is 5.13 Å². The number of anilines is 1. The molecule has 0 saturated heterocycles. The van der Waals surface area contributed by atoms with Crippen LogP contribution in [0.1, 0.15) is 23.5 Å². The second-order valence-corrected chi connectivity index (χ2v) is 9.18. The molecule has 0 aliphatic carbocycles. The van der Waals surface area contributed by atoms with E-state index in [1.165, 1.54) is 27.6 Å². The van der Waals surface area contributed by atoms with Gasteiger partial charge in [-0.1, -0.05) is 31.2 Å². The third-order valence-electron chi connectivity index (χ3n) is 5.16. The molecule has 1 unspecified atom stereocenters. The Morgan fingerprint density at radius 3 is 2.56 bits per heavy atom. The van der Waals surface area contributed by atoms with Crippen molar-refractivity contribution >= 4 is 50.6 Å². The molecule has 4 rings (SSSR count). The first-order valence-corrected chi connectivity index (χ1v) is 12.0. The monoisotopic (exact) mass is 468 g/mol. The highest BCUT2D eigenvalue weighted by Crippen LogP contribution is 2.33. The average molecular weight is 469 g/mol. The summed E-state index contributed by atoms with van der Waals surface area (Å²) in [5.74, 6) is -0.109. The number of rotatable bonds is 7. The molecule has 3 aromatic heterocycles. The quantitative estimate of drug-likeness (QED) is 0.356. The predicted octanol–water partition coefficient (Wildman–Crippen LogP) is 4.98. The van der Waals surface area contributed by atoms with Gasteiger partial charge in [-0.05, 0) is 30.5 Å². The SMILES string of the molecule is CCN(C(C)C(=O)N(C(=O)c1cccs1)c1nc(-c2cc3ccccc3o2)cs1)N(C)C. The number of para-hydroxylation sites is 1. The van der Waals surface area contributed by atoms with Gasteiger partial charge in [0.25, 0.3) is 11.8 Å². The van der Waals surface area contributed by atoms with Crippen molar-refractivity contribution in [3.63, 3.8) is 0 Å². The van der Waals surface area contributed by atoms with Gasteiger partial charge < -0.3 is 4.42 Å². The largest absolute Gasteiger partial charge is 0.454 e. The maximum atomic E-state index is 13.6. The van der Waals surface area contributed by atoms with E-state index in [4.69, 9.17) is 4.42 Å². The highest BCUT2D eigenvalue weighted by atomic mass is 32.1. The van der Waals surface area contributed by atoms with Gasteiger partial charge in [0, 0.05) is 31.4 Å². The second kappa shape index (κ2) is 9.33. The van der Waals surface area contributed by atoms with Gasteiger partial charge in [-0.3, -0.25) is 9.59 Å². The first-order chi connectivity index (χ1) is 15.4. The maximum absolute atomic E-state index is 13.6. The number of hydrogen-bond acceptors (Lipinski definition) is 8. The summed E-state index contributed by atoms with van der Waals surface area (Å²) in [4.78, 5) is 33.2. The van der Waals surface area contributed by atoms with Gasteiger partial charge in [0.15, 0.2) is 10.9 Å². The van der Waals surface area contributed by atoms with Crippen molar-refractivity contribution in [3.05, 3.63) is 58.1 Å². The maximum Gasteiger partial charge on any atom is 0.277 e. The van der Waals surface area contributed by atoms with Crippen LogP contribution >= 0.6 is 22.7 Å². The summed E-state index contributed by atoms with van der Waals surface area (Å²) < 4.78 is 5.92. The molecule has 1 aromatic carbocycles. The summed E-state index contributed by atoms with van der Waals surface area (Å²) in [5.41, 5.74) is 1.35. The molecule has 7 nitrogen and oxygen atoms in total. The topological polar surface area (TPSA) is 69.9 Å². The standard InChI is InChI=1S/C23H24N4O3S2/c1-5-26(25(3)4)15(2)21(28)27(22(29)20-11-8-12-31-20)23-24-17(14-32-23)19-13-16-9-6-7-10-18(16)30-19/h6-15H,5H2,1-4H3. The van der Waals surface area contributed by atoms with Gasteiger partial charge in [-0.2, -0.15) is 0 Å². The predicted molar refractivity (Wildman–Crippen MR) is 129 cm³/mol. The molecule has 0 bridgehead atoms. The second-order valence-electron chi connectivity index (χ2n) is 7.40. The van der Waals surface area contributed by atoms with Crippen LogP contribution in [0.25, 0.3) is 22.4 Å². The van der Waals surface area contributed by atoms with Gasteiger partial charge in [0.05, 0.1) is 4.88 Å². The molecule has 0 saturated carbocycles. The number of thiazole rings is 1.